The Labute approximate surface area is 430 Å². The summed E-state index contributed by atoms with van der Waals surface area (Å²) >= 11 is 0. The van der Waals surface area contributed by atoms with E-state index in [-0.39, 0.29) is 64.2 Å². The van der Waals surface area contributed by atoms with Crippen molar-refractivity contribution in [2.24, 2.45) is 0 Å². The van der Waals surface area contributed by atoms with Crippen LogP contribution in [0.15, 0.2) is 109 Å². The lowest BCUT2D eigenvalue weighted by Gasteiger charge is -2.19. The maximum absolute atomic E-state index is 14.1. The number of phenolic OH excluding ortho intramolecular Hbond substituents is 2. The van der Waals surface area contributed by atoms with Gasteiger partial charge in [-0.15, -0.1) is 0 Å². The van der Waals surface area contributed by atoms with Gasteiger partial charge in [0, 0.05) is 81.2 Å². The number of fused-ring (bicyclic) bond motifs is 4. The molecule has 0 saturated carbocycles. The normalized spacial score (nSPS) is 14.1. The number of carbonyl (C=O) groups excluding carboxylic acids is 4. The molecule has 0 atom stereocenters. The highest BCUT2D eigenvalue weighted by Gasteiger charge is 2.32. The standard InChI is InChI=1S/C29H30FN3O4.C29H31N3O5/c1-31(2)11-4-12-37-23-9-7-20-15-32(17-22(20)13-23)29(36)24-14-19(8-10-27(24)34)28(35)33-16-21-5-3-6-26(30)25(21)18-33;1-30(2)11-12-37-23-9-7-20-15-31(17-22(20)13-23)29(35)24-14-19(8-10-26(24)33)28(34)32-16-21-5-4-6-27(36-3)25(21)18-32/h3,5-10,13-14,34H,4,11-12,15-18H2,1-2H3;4-10,13-14,33H,11-12,15-18H2,1-3H3. The van der Waals surface area contributed by atoms with Crippen molar-refractivity contribution in [3.05, 3.63) is 182 Å². The molecular formula is C58H61FN6O9. The molecule has 0 fully saturated rings. The maximum Gasteiger partial charge on any atom is 0.258 e. The first kappa shape index (κ1) is 51.0. The average Bonchev–Trinajstić information content (AvgIpc) is 4.22. The van der Waals surface area contributed by atoms with E-state index >= 15 is 0 Å². The number of aromatic hydroxyl groups is 2. The van der Waals surface area contributed by atoms with Gasteiger partial charge in [0.2, 0.25) is 0 Å². The Morgan fingerprint density at radius 1 is 0.500 bits per heavy atom. The third kappa shape index (κ3) is 11.2. The number of ether oxygens (including phenoxy) is 3. The van der Waals surface area contributed by atoms with Crippen molar-refractivity contribution in [3.63, 3.8) is 0 Å². The SMILES string of the molecule is CN(C)CCCOc1ccc2c(c1)CN(C(=O)c1cc(C(=O)N3Cc4cccc(F)c4C3)ccc1O)C2.COc1cccc2c1CN(C(=O)c1ccc(O)c(C(=O)N3Cc4ccc(OCCN(C)C)cc4C3)c1)C2. The number of carbonyl (C=O) groups is 4. The monoisotopic (exact) mass is 1000 g/mol. The van der Waals surface area contributed by atoms with Crippen LogP contribution in [0.5, 0.6) is 28.7 Å². The topological polar surface area (TPSA) is 156 Å². The fourth-order valence-corrected chi connectivity index (χ4v) is 9.76. The van der Waals surface area contributed by atoms with Gasteiger partial charge in [0.15, 0.2) is 0 Å². The summed E-state index contributed by atoms with van der Waals surface area (Å²) in [6.45, 7) is 5.98. The fourth-order valence-electron chi connectivity index (χ4n) is 9.76. The number of likely N-dealkylation sites (N-methyl/N-ethyl adjacent to an activating group) is 1. The summed E-state index contributed by atoms with van der Waals surface area (Å²) in [6.07, 6.45) is 0.918. The zero-order chi connectivity index (χ0) is 52.2. The first-order valence-corrected chi connectivity index (χ1v) is 24.7. The summed E-state index contributed by atoms with van der Waals surface area (Å²) in [4.78, 5) is 64.0. The van der Waals surface area contributed by atoms with Crippen LogP contribution in [0, 0.1) is 5.82 Å². The number of amides is 4. The predicted octanol–water partition coefficient (Wildman–Crippen LogP) is 7.83. The molecule has 0 aliphatic carbocycles. The lowest BCUT2D eigenvalue weighted by Crippen LogP contribution is -2.27. The van der Waals surface area contributed by atoms with Crippen molar-refractivity contribution in [3.8, 4) is 28.7 Å². The quantitative estimate of drug-likeness (QED) is 0.103. The molecule has 384 valence electrons. The van der Waals surface area contributed by atoms with Gasteiger partial charge in [-0.05, 0) is 141 Å². The van der Waals surface area contributed by atoms with Gasteiger partial charge in [0.1, 0.15) is 41.2 Å². The fraction of sp³-hybridized carbons (Fsp3) is 0.310. The predicted molar refractivity (Wildman–Crippen MR) is 276 cm³/mol. The van der Waals surface area contributed by atoms with E-state index in [1.807, 2.05) is 88.9 Å². The van der Waals surface area contributed by atoms with Gasteiger partial charge < -0.3 is 53.8 Å². The zero-order valence-electron chi connectivity index (χ0n) is 42.4. The number of halogens is 1. The molecule has 0 saturated heterocycles. The molecule has 6 aromatic rings. The van der Waals surface area contributed by atoms with Gasteiger partial charge in [0.25, 0.3) is 23.6 Å². The van der Waals surface area contributed by atoms with Crippen LogP contribution in [0.3, 0.4) is 0 Å². The molecule has 2 N–H and O–H groups in total. The van der Waals surface area contributed by atoms with E-state index in [0.29, 0.717) is 70.2 Å². The van der Waals surface area contributed by atoms with Crippen LogP contribution in [0.4, 0.5) is 4.39 Å². The molecule has 10 rings (SSSR count). The Morgan fingerprint density at radius 3 is 1.47 bits per heavy atom. The molecule has 0 unspecified atom stereocenters. The molecule has 0 bridgehead atoms. The second-order valence-electron chi connectivity index (χ2n) is 19.6. The Balaban J connectivity index is 0.000000182. The molecule has 0 aromatic heterocycles. The van der Waals surface area contributed by atoms with Crippen LogP contribution >= 0.6 is 0 Å². The number of rotatable bonds is 14. The van der Waals surface area contributed by atoms with Gasteiger partial charge in [-0.1, -0.05) is 36.4 Å². The number of hydrogen-bond acceptors (Lipinski definition) is 11. The number of benzene rings is 6. The third-order valence-corrected chi connectivity index (χ3v) is 13.8. The first-order chi connectivity index (χ1) is 35.6. The van der Waals surface area contributed by atoms with Crippen molar-refractivity contribution >= 4 is 23.6 Å². The molecule has 4 aliphatic heterocycles. The van der Waals surface area contributed by atoms with E-state index in [1.54, 1.807) is 38.8 Å². The highest BCUT2D eigenvalue weighted by atomic mass is 19.1. The number of hydrogen-bond donors (Lipinski definition) is 2. The molecule has 16 heteroatoms. The Kier molecular flexibility index (Phi) is 15.2. The number of phenols is 2. The molecule has 4 aliphatic rings. The molecule has 74 heavy (non-hydrogen) atoms. The van der Waals surface area contributed by atoms with Crippen LogP contribution in [0.25, 0.3) is 0 Å². The van der Waals surface area contributed by atoms with Crippen molar-refractivity contribution in [1.29, 1.82) is 0 Å². The first-order valence-electron chi connectivity index (χ1n) is 24.7. The average molecular weight is 1010 g/mol. The van der Waals surface area contributed by atoms with Crippen LogP contribution in [0.1, 0.15) is 92.4 Å². The highest BCUT2D eigenvalue weighted by molar-refractivity contribution is 6.03. The van der Waals surface area contributed by atoms with Crippen molar-refractivity contribution in [1.82, 2.24) is 29.4 Å². The van der Waals surface area contributed by atoms with Gasteiger partial charge in [-0.25, -0.2) is 4.39 Å². The molecule has 0 spiro atoms. The number of methoxy groups -OCH3 is 1. The zero-order valence-corrected chi connectivity index (χ0v) is 42.4. The molecule has 0 radical (unpaired) electrons. The van der Waals surface area contributed by atoms with E-state index in [1.165, 1.54) is 36.4 Å². The lowest BCUT2D eigenvalue weighted by molar-refractivity contribution is 0.0732. The summed E-state index contributed by atoms with van der Waals surface area (Å²) in [5, 5.41) is 21.0. The summed E-state index contributed by atoms with van der Waals surface area (Å²) in [5.74, 6) is 0.465. The van der Waals surface area contributed by atoms with E-state index in [2.05, 4.69) is 9.80 Å². The van der Waals surface area contributed by atoms with Crippen LogP contribution in [-0.4, -0.2) is 125 Å². The molecule has 15 nitrogen and oxygen atoms in total. The minimum Gasteiger partial charge on any atom is -0.507 e. The van der Waals surface area contributed by atoms with Gasteiger partial charge in [-0.2, -0.15) is 0 Å². The summed E-state index contributed by atoms with van der Waals surface area (Å²) in [7, 11) is 9.66. The Hall–Kier alpha value is -7.95. The van der Waals surface area contributed by atoms with E-state index in [0.717, 1.165) is 75.7 Å². The van der Waals surface area contributed by atoms with Gasteiger partial charge in [0.05, 0.1) is 31.4 Å². The molecular weight excluding hydrogens is 944 g/mol. The van der Waals surface area contributed by atoms with Crippen LogP contribution in [0.2, 0.25) is 0 Å². The summed E-state index contributed by atoms with van der Waals surface area (Å²) < 4.78 is 31.3. The summed E-state index contributed by atoms with van der Waals surface area (Å²) in [5.41, 5.74) is 8.25. The van der Waals surface area contributed by atoms with Crippen molar-refractivity contribution < 1.29 is 48.0 Å². The van der Waals surface area contributed by atoms with E-state index in [9.17, 15) is 33.8 Å². The molecule has 4 heterocycles. The minimum atomic E-state index is -0.354. The number of nitrogens with zero attached hydrogens (tertiary/aromatic N) is 6. The third-order valence-electron chi connectivity index (χ3n) is 13.8. The van der Waals surface area contributed by atoms with Gasteiger partial charge >= 0.3 is 0 Å². The Bertz CT molecular complexity index is 3120. The second-order valence-corrected chi connectivity index (χ2v) is 19.6. The maximum atomic E-state index is 14.1. The lowest BCUT2D eigenvalue weighted by atomic mass is 10.1. The van der Waals surface area contributed by atoms with Crippen LogP contribution in [-0.2, 0) is 52.4 Å². The van der Waals surface area contributed by atoms with Crippen LogP contribution < -0.4 is 14.2 Å². The largest absolute Gasteiger partial charge is 0.507 e. The van der Waals surface area contributed by atoms with Crippen molar-refractivity contribution in [2.45, 2.75) is 58.8 Å². The Morgan fingerprint density at radius 2 is 0.959 bits per heavy atom. The second kappa shape index (κ2) is 22.0. The summed E-state index contributed by atoms with van der Waals surface area (Å²) in [6, 6.07) is 31.1. The van der Waals surface area contributed by atoms with E-state index in [4.69, 9.17) is 14.2 Å². The minimum absolute atomic E-state index is 0.0710. The van der Waals surface area contributed by atoms with Crippen molar-refractivity contribution in [2.75, 3.05) is 61.6 Å². The van der Waals surface area contributed by atoms with Gasteiger partial charge in [-0.3, -0.25) is 19.2 Å². The molecule has 4 amide bonds. The highest BCUT2D eigenvalue weighted by Crippen LogP contribution is 2.35. The molecule has 6 aromatic carbocycles. The van der Waals surface area contributed by atoms with E-state index < -0.39 is 0 Å². The smallest absolute Gasteiger partial charge is 0.258 e.